The van der Waals surface area contributed by atoms with Gasteiger partial charge >= 0.3 is 5.97 Å². The van der Waals surface area contributed by atoms with Crippen LogP contribution in [0.2, 0.25) is 0 Å². The lowest BCUT2D eigenvalue weighted by Crippen LogP contribution is -2.48. The van der Waals surface area contributed by atoms with E-state index in [9.17, 15) is 13.2 Å². The summed E-state index contributed by atoms with van der Waals surface area (Å²) in [5.74, 6) is -0.547. The Kier molecular flexibility index (Phi) is 4.91. The molecular formula is C10H20N2O4S. The Labute approximate surface area is 102 Å². The molecule has 1 saturated heterocycles. The number of methoxy groups -OCH3 is 1. The van der Waals surface area contributed by atoms with Gasteiger partial charge in [-0.1, -0.05) is 6.92 Å². The van der Waals surface area contributed by atoms with Crippen LogP contribution < -0.4 is 5.73 Å². The monoisotopic (exact) mass is 264 g/mol. The summed E-state index contributed by atoms with van der Waals surface area (Å²) in [7, 11) is -2.12. The normalized spacial score (nSPS) is 26.8. The maximum absolute atomic E-state index is 11.9. The molecular weight excluding hydrogens is 244 g/mol. The molecule has 1 rings (SSSR count). The molecule has 0 spiro atoms. The molecule has 17 heavy (non-hydrogen) atoms. The molecule has 1 heterocycles. The van der Waals surface area contributed by atoms with Crippen molar-refractivity contribution in [3.05, 3.63) is 0 Å². The van der Waals surface area contributed by atoms with E-state index in [4.69, 9.17) is 5.73 Å². The minimum atomic E-state index is -3.37. The standard InChI is InChI=1S/C10H20N2O4S/c1-8-7-12(5-3-9(8)11)17(14,15)6-4-10(13)16-2/h8-9H,3-7,11H2,1-2H3. The fourth-order valence-corrected chi connectivity index (χ4v) is 3.35. The van der Waals surface area contributed by atoms with Crippen LogP contribution in [0.3, 0.4) is 0 Å². The smallest absolute Gasteiger partial charge is 0.306 e. The van der Waals surface area contributed by atoms with Crippen molar-refractivity contribution >= 4 is 16.0 Å². The highest BCUT2D eigenvalue weighted by molar-refractivity contribution is 7.89. The van der Waals surface area contributed by atoms with Gasteiger partial charge in [-0.15, -0.1) is 0 Å². The lowest BCUT2D eigenvalue weighted by atomic mass is 9.96. The number of sulfonamides is 1. The van der Waals surface area contributed by atoms with E-state index in [0.29, 0.717) is 19.5 Å². The van der Waals surface area contributed by atoms with E-state index in [-0.39, 0.29) is 24.1 Å². The van der Waals surface area contributed by atoms with Gasteiger partial charge < -0.3 is 10.5 Å². The van der Waals surface area contributed by atoms with Crippen LogP contribution in [0.5, 0.6) is 0 Å². The molecule has 0 aliphatic carbocycles. The number of nitrogens with two attached hydrogens (primary N) is 1. The number of piperidine rings is 1. The van der Waals surface area contributed by atoms with Gasteiger partial charge in [-0.2, -0.15) is 0 Å². The van der Waals surface area contributed by atoms with Gasteiger partial charge in [-0.3, -0.25) is 4.79 Å². The van der Waals surface area contributed by atoms with Crippen molar-refractivity contribution in [2.45, 2.75) is 25.8 Å². The summed E-state index contributed by atoms with van der Waals surface area (Å²) in [5.41, 5.74) is 5.83. The van der Waals surface area contributed by atoms with Gasteiger partial charge in [0.05, 0.1) is 19.3 Å². The van der Waals surface area contributed by atoms with Crippen LogP contribution in [0.25, 0.3) is 0 Å². The quantitative estimate of drug-likeness (QED) is 0.694. The third-order valence-corrected chi connectivity index (χ3v) is 4.96. The summed E-state index contributed by atoms with van der Waals surface area (Å²) < 4.78 is 29.7. The van der Waals surface area contributed by atoms with Crippen LogP contribution in [0, 0.1) is 5.92 Å². The fraction of sp³-hybridized carbons (Fsp3) is 0.900. The average molecular weight is 264 g/mol. The van der Waals surface area contributed by atoms with E-state index in [0.717, 1.165) is 0 Å². The van der Waals surface area contributed by atoms with Crippen molar-refractivity contribution in [1.29, 1.82) is 0 Å². The van der Waals surface area contributed by atoms with Gasteiger partial charge in [0.1, 0.15) is 0 Å². The second kappa shape index (κ2) is 5.79. The minimum absolute atomic E-state index is 0.0575. The zero-order chi connectivity index (χ0) is 13.1. The minimum Gasteiger partial charge on any atom is -0.469 e. The highest BCUT2D eigenvalue weighted by atomic mass is 32.2. The van der Waals surface area contributed by atoms with E-state index in [2.05, 4.69) is 4.74 Å². The van der Waals surface area contributed by atoms with E-state index in [1.54, 1.807) is 0 Å². The van der Waals surface area contributed by atoms with Gasteiger partial charge in [0.15, 0.2) is 0 Å². The van der Waals surface area contributed by atoms with Crippen molar-refractivity contribution in [3.63, 3.8) is 0 Å². The molecule has 0 aromatic heterocycles. The Morgan fingerprint density at radius 1 is 1.53 bits per heavy atom. The molecule has 0 radical (unpaired) electrons. The number of carbonyl (C=O) groups is 1. The Hall–Kier alpha value is -0.660. The van der Waals surface area contributed by atoms with Crippen LogP contribution >= 0.6 is 0 Å². The third-order valence-electron chi connectivity index (χ3n) is 3.12. The highest BCUT2D eigenvalue weighted by Crippen LogP contribution is 2.18. The van der Waals surface area contributed by atoms with E-state index >= 15 is 0 Å². The Morgan fingerprint density at radius 3 is 2.71 bits per heavy atom. The summed E-state index contributed by atoms with van der Waals surface area (Å²) in [4.78, 5) is 10.9. The summed E-state index contributed by atoms with van der Waals surface area (Å²) in [6.45, 7) is 2.81. The van der Waals surface area contributed by atoms with Crippen molar-refractivity contribution in [2.24, 2.45) is 11.7 Å². The van der Waals surface area contributed by atoms with Gasteiger partial charge in [0, 0.05) is 19.1 Å². The molecule has 0 bridgehead atoms. The number of carbonyl (C=O) groups excluding carboxylic acids is 1. The van der Waals surface area contributed by atoms with E-state index in [1.165, 1.54) is 11.4 Å². The number of rotatable bonds is 4. The van der Waals surface area contributed by atoms with Crippen molar-refractivity contribution < 1.29 is 17.9 Å². The number of ether oxygens (including phenoxy) is 1. The number of esters is 1. The second-order valence-electron chi connectivity index (χ2n) is 4.43. The van der Waals surface area contributed by atoms with E-state index in [1.807, 2.05) is 6.92 Å². The molecule has 0 aromatic carbocycles. The number of hydrogen-bond donors (Lipinski definition) is 1. The number of nitrogens with zero attached hydrogens (tertiary/aromatic N) is 1. The highest BCUT2D eigenvalue weighted by Gasteiger charge is 2.30. The van der Waals surface area contributed by atoms with Crippen LogP contribution in [0.1, 0.15) is 19.8 Å². The van der Waals surface area contributed by atoms with Gasteiger partial charge in [0.25, 0.3) is 0 Å². The lowest BCUT2D eigenvalue weighted by molar-refractivity contribution is -0.140. The zero-order valence-corrected chi connectivity index (χ0v) is 11.1. The van der Waals surface area contributed by atoms with Gasteiger partial charge in [0.2, 0.25) is 10.0 Å². The van der Waals surface area contributed by atoms with Crippen LogP contribution in [-0.2, 0) is 19.6 Å². The molecule has 0 amide bonds. The Morgan fingerprint density at radius 2 is 2.18 bits per heavy atom. The van der Waals surface area contributed by atoms with Crippen molar-refractivity contribution in [3.8, 4) is 0 Å². The van der Waals surface area contributed by atoms with Gasteiger partial charge in [-0.05, 0) is 12.3 Å². The average Bonchev–Trinajstić information content (AvgIpc) is 2.29. The Bertz CT molecular complexity index is 369. The topological polar surface area (TPSA) is 89.7 Å². The largest absolute Gasteiger partial charge is 0.469 e. The first kappa shape index (κ1) is 14.4. The first-order valence-corrected chi connectivity index (χ1v) is 7.28. The molecule has 0 aromatic rings. The Balaban J connectivity index is 2.56. The zero-order valence-electron chi connectivity index (χ0n) is 10.3. The van der Waals surface area contributed by atoms with E-state index < -0.39 is 16.0 Å². The SMILES string of the molecule is COC(=O)CCS(=O)(=O)N1CCC(N)C(C)C1. The number of hydrogen-bond acceptors (Lipinski definition) is 5. The molecule has 1 aliphatic rings. The lowest BCUT2D eigenvalue weighted by Gasteiger charge is -2.34. The summed E-state index contributed by atoms with van der Waals surface area (Å²) in [5, 5.41) is 0. The molecule has 1 fully saturated rings. The predicted molar refractivity (Wildman–Crippen MR) is 63.7 cm³/mol. The maximum Gasteiger partial charge on any atom is 0.306 e. The van der Waals surface area contributed by atoms with Crippen molar-refractivity contribution in [1.82, 2.24) is 4.31 Å². The molecule has 7 heteroatoms. The van der Waals surface area contributed by atoms with Crippen LogP contribution in [0.4, 0.5) is 0 Å². The molecule has 0 saturated carbocycles. The van der Waals surface area contributed by atoms with Crippen LogP contribution in [-0.4, -0.2) is 50.7 Å². The second-order valence-corrected chi connectivity index (χ2v) is 6.52. The van der Waals surface area contributed by atoms with Gasteiger partial charge in [-0.25, -0.2) is 12.7 Å². The third kappa shape index (κ3) is 3.93. The summed E-state index contributed by atoms with van der Waals surface area (Å²) >= 11 is 0. The summed E-state index contributed by atoms with van der Waals surface area (Å²) in [6, 6.07) is 0.0575. The first-order valence-electron chi connectivity index (χ1n) is 5.67. The molecule has 2 atom stereocenters. The first-order chi connectivity index (χ1) is 7.86. The molecule has 2 N–H and O–H groups in total. The molecule has 6 nitrogen and oxygen atoms in total. The fourth-order valence-electron chi connectivity index (χ4n) is 1.82. The molecule has 100 valence electrons. The van der Waals surface area contributed by atoms with Crippen LogP contribution in [0.15, 0.2) is 0 Å². The predicted octanol–water partition coefficient (Wildman–Crippen LogP) is -0.452. The van der Waals surface area contributed by atoms with Crippen molar-refractivity contribution in [2.75, 3.05) is 26.0 Å². The summed E-state index contributed by atoms with van der Waals surface area (Å²) in [6.07, 6.45) is 0.564. The maximum atomic E-state index is 11.9. The molecule has 2 unspecified atom stereocenters. The molecule has 1 aliphatic heterocycles.